The van der Waals surface area contributed by atoms with Gasteiger partial charge in [0.25, 0.3) is 12.5 Å². The van der Waals surface area contributed by atoms with Crippen molar-refractivity contribution in [2.75, 3.05) is 0 Å². The van der Waals surface area contributed by atoms with Crippen molar-refractivity contribution in [3.8, 4) is 0 Å². The number of nitrogens with zero attached hydrogens (tertiary/aromatic N) is 3. The average molecular weight is 169 g/mol. The summed E-state index contributed by atoms with van der Waals surface area (Å²) in [7, 11) is 0. The van der Waals surface area contributed by atoms with E-state index in [1.807, 2.05) is 0 Å². The van der Waals surface area contributed by atoms with Crippen LogP contribution >= 0.6 is 12.2 Å². The van der Waals surface area contributed by atoms with Gasteiger partial charge in [0, 0.05) is 0 Å². The standard InChI is InChI=1S/C5H4N4OS/c10-9-2-8-5(11)3-4(9)7-1-6-3/h1-2,4,10H/p+1. The van der Waals surface area contributed by atoms with Crippen LogP contribution in [0.5, 0.6) is 0 Å². The minimum absolute atomic E-state index is 0.441. The second-order valence-electron chi connectivity index (χ2n) is 2.14. The molecule has 0 aromatic heterocycles. The van der Waals surface area contributed by atoms with Crippen LogP contribution in [0.1, 0.15) is 0 Å². The molecule has 0 fully saturated rings. The maximum Gasteiger partial charge on any atom is 0.280 e. The van der Waals surface area contributed by atoms with Crippen LogP contribution in [-0.4, -0.2) is 39.5 Å². The Bertz CT molecular complexity index is 306. The van der Waals surface area contributed by atoms with Crippen LogP contribution < -0.4 is 5.32 Å². The molecule has 6 heteroatoms. The summed E-state index contributed by atoms with van der Waals surface area (Å²) in [6, 6.07) is 0. The van der Waals surface area contributed by atoms with Crippen LogP contribution in [0.2, 0.25) is 0 Å². The van der Waals surface area contributed by atoms with Gasteiger partial charge in [0.2, 0.25) is 4.99 Å². The lowest BCUT2D eigenvalue weighted by atomic mass is 10.3. The summed E-state index contributed by atoms with van der Waals surface area (Å²) in [6.45, 7) is 0. The fraction of sp³-hybridized carbons (Fsp3) is 0.200. The van der Waals surface area contributed by atoms with Crippen molar-refractivity contribution in [3.63, 3.8) is 0 Å². The van der Waals surface area contributed by atoms with E-state index in [1.54, 1.807) is 0 Å². The molecule has 2 aliphatic rings. The molecular formula is C5H5N4OS+. The third-order valence-corrected chi connectivity index (χ3v) is 1.79. The molecule has 0 bridgehead atoms. The molecule has 0 spiro atoms. The van der Waals surface area contributed by atoms with Crippen LogP contribution in [0.3, 0.4) is 0 Å². The predicted molar refractivity (Wildman–Crippen MR) is 43.6 cm³/mol. The summed E-state index contributed by atoms with van der Waals surface area (Å²) in [4.78, 5) is 8.28. The maximum atomic E-state index is 9.16. The lowest BCUT2D eigenvalue weighted by molar-refractivity contribution is -0.785. The predicted octanol–water partition coefficient (Wildman–Crippen LogP) is -0.844. The number of thiocarbonyl (C=S) groups is 1. The second-order valence-corrected chi connectivity index (χ2v) is 2.54. The number of nitrogens with one attached hydrogen (secondary N) is 1. The van der Waals surface area contributed by atoms with Gasteiger partial charge in [0.05, 0.1) is 0 Å². The summed E-state index contributed by atoms with van der Waals surface area (Å²) >= 11 is 4.91. The molecule has 1 unspecified atom stereocenters. The number of hydroxylamine groups is 1. The molecule has 2 heterocycles. The SMILES string of the molecule is O[N+]1=CNC(=S)C2=NC=NC21. The van der Waals surface area contributed by atoms with Gasteiger partial charge < -0.3 is 5.21 Å². The van der Waals surface area contributed by atoms with Crippen molar-refractivity contribution in [2.45, 2.75) is 6.17 Å². The lowest BCUT2D eigenvalue weighted by Crippen LogP contribution is -2.47. The number of aliphatic imine (C=N–C) groups is 2. The minimum Gasteiger partial charge on any atom is -0.353 e. The molecule has 0 saturated heterocycles. The van der Waals surface area contributed by atoms with Crippen LogP contribution in [0, 0.1) is 0 Å². The Hall–Kier alpha value is -1.30. The Morgan fingerprint density at radius 3 is 3.27 bits per heavy atom. The van der Waals surface area contributed by atoms with Gasteiger partial charge in [-0.3, -0.25) is 0 Å². The first kappa shape index (κ1) is 6.41. The fourth-order valence-electron chi connectivity index (χ4n) is 0.935. The minimum atomic E-state index is -0.441. The fourth-order valence-corrected chi connectivity index (χ4v) is 1.15. The molecule has 5 nitrogen and oxygen atoms in total. The van der Waals surface area contributed by atoms with Gasteiger partial charge in [0.1, 0.15) is 6.34 Å². The van der Waals surface area contributed by atoms with E-state index in [9.17, 15) is 0 Å². The van der Waals surface area contributed by atoms with E-state index in [1.165, 1.54) is 12.7 Å². The van der Waals surface area contributed by atoms with E-state index < -0.39 is 6.17 Å². The first-order valence-electron chi connectivity index (χ1n) is 3.00. The van der Waals surface area contributed by atoms with Gasteiger partial charge in [0.15, 0.2) is 5.71 Å². The maximum absolute atomic E-state index is 9.16. The van der Waals surface area contributed by atoms with Crippen molar-refractivity contribution in [1.29, 1.82) is 0 Å². The Kier molecular flexibility index (Phi) is 1.22. The monoisotopic (exact) mass is 169 g/mol. The zero-order chi connectivity index (χ0) is 7.84. The molecule has 1 atom stereocenters. The smallest absolute Gasteiger partial charge is 0.280 e. The molecule has 0 amide bonds. The molecule has 2 aliphatic heterocycles. The second kappa shape index (κ2) is 2.09. The van der Waals surface area contributed by atoms with E-state index in [0.29, 0.717) is 10.7 Å². The molecule has 0 aliphatic carbocycles. The Morgan fingerprint density at radius 2 is 2.55 bits per heavy atom. The van der Waals surface area contributed by atoms with Gasteiger partial charge in [-0.2, -0.15) is 0 Å². The first-order chi connectivity index (χ1) is 5.29. The van der Waals surface area contributed by atoms with Crippen molar-refractivity contribution in [1.82, 2.24) is 5.32 Å². The quantitative estimate of drug-likeness (QED) is 0.282. The van der Waals surface area contributed by atoms with Crippen molar-refractivity contribution < 1.29 is 9.95 Å². The highest BCUT2D eigenvalue weighted by Gasteiger charge is 2.34. The zero-order valence-electron chi connectivity index (χ0n) is 5.43. The highest BCUT2D eigenvalue weighted by molar-refractivity contribution is 7.82. The Morgan fingerprint density at radius 1 is 1.73 bits per heavy atom. The summed E-state index contributed by atoms with van der Waals surface area (Å²) in [5.41, 5.74) is 0.588. The molecule has 0 saturated carbocycles. The van der Waals surface area contributed by atoms with E-state index in [-0.39, 0.29) is 0 Å². The number of fused-ring (bicyclic) bond motifs is 1. The number of hydrogen-bond donors (Lipinski definition) is 2. The summed E-state index contributed by atoms with van der Waals surface area (Å²) in [6.07, 6.45) is 2.30. The number of hydrogen-bond acceptors (Lipinski definition) is 4. The van der Waals surface area contributed by atoms with Crippen LogP contribution in [0.15, 0.2) is 9.98 Å². The third-order valence-electron chi connectivity index (χ3n) is 1.46. The molecule has 0 radical (unpaired) electrons. The molecule has 2 N–H and O–H groups in total. The van der Waals surface area contributed by atoms with E-state index >= 15 is 0 Å². The molecule has 0 aromatic rings. The zero-order valence-corrected chi connectivity index (χ0v) is 6.25. The summed E-state index contributed by atoms with van der Waals surface area (Å²) in [5.74, 6) is 0. The summed E-state index contributed by atoms with van der Waals surface area (Å²) in [5, 5.41) is 11.8. The van der Waals surface area contributed by atoms with Gasteiger partial charge in [-0.25, -0.2) is 15.3 Å². The van der Waals surface area contributed by atoms with Crippen LogP contribution in [0.4, 0.5) is 0 Å². The third kappa shape index (κ3) is 0.829. The van der Waals surface area contributed by atoms with E-state index in [2.05, 4.69) is 15.3 Å². The van der Waals surface area contributed by atoms with Gasteiger partial charge in [-0.1, -0.05) is 4.74 Å². The van der Waals surface area contributed by atoms with Gasteiger partial charge >= 0.3 is 0 Å². The van der Waals surface area contributed by atoms with E-state index in [4.69, 9.17) is 17.4 Å². The molecule has 11 heavy (non-hydrogen) atoms. The van der Waals surface area contributed by atoms with Gasteiger partial charge in [-0.15, -0.1) is 0 Å². The van der Waals surface area contributed by atoms with Gasteiger partial charge in [-0.05, 0) is 12.2 Å². The average Bonchev–Trinajstić information content (AvgIpc) is 2.45. The van der Waals surface area contributed by atoms with Crippen LogP contribution in [0.25, 0.3) is 0 Å². The largest absolute Gasteiger partial charge is 0.353 e. The highest BCUT2D eigenvalue weighted by atomic mass is 32.1. The molecule has 56 valence electrons. The first-order valence-corrected chi connectivity index (χ1v) is 3.40. The Balaban J connectivity index is 2.44. The number of rotatable bonds is 0. The lowest BCUT2D eigenvalue weighted by Gasteiger charge is -2.10. The molecule has 0 aromatic carbocycles. The normalized spacial score (nSPS) is 27.3. The van der Waals surface area contributed by atoms with Crippen molar-refractivity contribution >= 4 is 35.6 Å². The van der Waals surface area contributed by atoms with E-state index in [0.717, 1.165) is 4.74 Å². The van der Waals surface area contributed by atoms with Crippen molar-refractivity contribution in [2.24, 2.45) is 9.98 Å². The summed E-state index contributed by atoms with van der Waals surface area (Å²) < 4.78 is 0.929. The van der Waals surface area contributed by atoms with Crippen molar-refractivity contribution in [3.05, 3.63) is 0 Å². The molecular weight excluding hydrogens is 164 g/mol. The highest BCUT2D eigenvalue weighted by Crippen LogP contribution is 2.05. The topological polar surface area (TPSA) is 60.0 Å². The Labute approximate surface area is 67.7 Å². The van der Waals surface area contributed by atoms with Crippen LogP contribution in [-0.2, 0) is 0 Å². The molecule has 2 rings (SSSR count).